The molecule has 2 heteroatoms. The molecule has 0 aliphatic heterocycles. The maximum atomic E-state index is 6.46. The molecule has 0 bridgehead atoms. The summed E-state index contributed by atoms with van der Waals surface area (Å²) in [6, 6.07) is 8.56. The van der Waals surface area contributed by atoms with Crippen molar-refractivity contribution in [2.24, 2.45) is 11.1 Å². The summed E-state index contributed by atoms with van der Waals surface area (Å²) in [6.45, 7) is 8.95. The summed E-state index contributed by atoms with van der Waals surface area (Å²) in [5.74, 6) is 0.536. The van der Waals surface area contributed by atoms with Crippen LogP contribution in [0.1, 0.15) is 44.7 Å². The van der Waals surface area contributed by atoms with Crippen molar-refractivity contribution in [1.29, 1.82) is 0 Å². The number of rotatable bonds is 0. The zero-order chi connectivity index (χ0) is 10.6. The highest BCUT2D eigenvalue weighted by Crippen LogP contribution is 2.55. The monoisotopic (exact) mass is 225 g/mol. The molecule has 1 aliphatic carbocycles. The van der Waals surface area contributed by atoms with E-state index in [0.717, 1.165) is 0 Å². The third kappa shape index (κ3) is 1.41. The van der Waals surface area contributed by atoms with Crippen LogP contribution in [0.25, 0.3) is 0 Å². The van der Waals surface area contributed by atoms with E-state index in [2.05, 4.69) is 52.0 Å². The molecule has 1 aliphatic rings. The molecule has 1 aromatic rings. The van der Waals surface area contributed by atoms with Crippen LogP contribution in [-0.4, -0.2) is 0 Å². The number of benzene rings is 1. The Morgan fingerprint density at radius 2 is 1.67 bits per heavy atom. The summed E-state index contributed by atoms with van der Waals surface area (Å²) in [6.07, 6.45) is 0. The second kappa shape index (κ2) is 3.50. The Labute approximate surface area is 98.5 Å². The highest BCUT2D eigenvalue weighted by Gasteiger charge is 2.50. The van der Waals surface area contributed by atoms with Crippen LogP contribution in [0.5, 0.6) is 0 Å². The zero-order valence-electron chi connectivity index (χ0n) is 9.87. The predicted octanol–water partition coefficient (Wildman–Crippen LogP) is 3.43. The molecule has 2 atom stereocenters. The molecule has 0 spiro atoms. The van der Waals surface area contributed by atoms with Gasteiger partial charge in [0.15, 0.2) is 0 Å². The van der Waals surface area contributed by atoms with E-state index in [1.165, 1.54) is 11.1 Å². The van der Waals surface area contributed by atoms with Crippen molar-refractivity contribution in [3.05, 3.63) is 35.4 Å². The maximum absolute atomic E-state index is 6.46. The van der Waals surface area contributed by atoms with E-state index < -0.39 is 0 Å². The minimum Gasteiger partial charge on any atom is -0.321 e. The maximum Gasteiger partial charge on any atom is 0.0441 e. The number of hydrogen-bond acceptors (Lipinski definition) is 1. The van der Waals surface area contributed by atoms with Crippen LogP contribution in [0.2, 0.25) is 0 Å². The first kappa shape index (κ1) is 12.5. The van der Waals surface area contributed by atoms with Gasteiger partial charge in [-0.1, -0.05) is 45.0 Å². The molecular weight excluding hydrogens is 206 g/mol. The number of hydrogen-bond donors (Lipinski definition) is 1. The van der Waals surface area contributed by atoms with E-state index in [9.17, 15) is 0 Å². The Hall–Kier alpha value is -0.530. The van der Waals surface area contributed by atoms with Gasteiger partial charge in [-0.2, -0.15) is 0 Å². The molecule has 84 valence electrons. The normalized spacial score (nSPS) is 31.9. The fourth-order valence-corrected chi connectivity index (χ4v) is 2.53. The molecule has 15 heavy (non-hydrogen) atoms. The lowest BCUT2D eigenvalue weighted by molar-refractivity contribution is 0.178. The van der Waals surface area contributed by atoms with Gasteiger partial charge in [-0.15, -0.1) is 12.4 Å². The van der Waals surface area contributed by atoms with Gasteiger partial charge in [0, 0.05) is 5.54 Å². The van der Waals surface area contributed by atoms with E-state index in [4.69, 9.17) is 5.73 Å². The Morgan fingerprint density at radius 1 is 1.13 bits per heavy atom. The van der Waals surface area contributed by atoms with Crippen molar-refractivity contribution in [3.8, 4) is 0 Å². The third-order valence-corrected chi connectivity index (χ3v) is 4.41. The van der Waals surface area contributed by atoms with E-state index in [1.807, 2.05) is 0 Å². The van der Waals surface area contributed by atoms with E-state index >= 15 is 0 Å². The van der Waals surface area contributed by atoms with Crippen molar-refractivity contribution in [3.63, 3.8) is 0 Å². The lowest BCUT2D eigenvalue weighted by atomic mass is 9.70. The Balaban J connectivity index is 0.00000112. The minimum absolute atomic E-state index is 0. The first-order valence-corrected chi connectivity index (χ1v) is 5.27. The molecule has 0 amide bonds. The van der Waals surface area contributed by atoms with E-state index in [0.29, 0.717) is 5.92 Å². The smallest absolute Gasteiger partial charge is 0.0441 e. The SMILES string of the molecule is C[C@@H]1c2ccccc2[C@@](C)(N)C1(C)C.Cl. The fourth-order valence-electron chi connectivity index (χ4n) is 2.53. The van der Waals surface area contributed by atoms with Gasteiger partial charge in [0.2, 0.25) is 0 Å². The standard InChI is InChI=1S/C13H19N.ClH/c1-9-10-7-5-6-8-11(10)13(4,14)12(9,2)3;/h5-9H,14H2,1-4H3;1H/t9-,13-;/m1./s1. The van der Waals surface area contributed by atoms with Crippen LogP contribution in [0.3, 0.4) is 0 Å². The van der Waals surface area contributed by atoms with Gasteiger partial charge in [-0.05, 0) is 29.4 Å². The summed E-state index contributed by atoms with van der Waals surface area (Å²) in [4.78, 5) is 0. The topological polar surface area (TPSA) is 26.0 Å². The second-order valence-corrected chi connectivity index (χ2v) is 5.23. The fraction of sp³-hybridized carbons (Fsp3) is 0.538. The molecule has 0 unspecified atom stereocenters. The molecule has 1 nitrogen and oxygen atoms in total. The summed E-state index contributed by atoms with van der Waals surface area (Å²) in [5.41, 5.74) is 9.12. The molecule has 0 saturated carbocycles. The molecule has 0 fully saturated rings. The van der Waals surface area contributed by atoms with E-state index in [-0.39, 0.29) is 23.4 Å². The van der Waals surface area contributed by atoms with Crippen molar-refractivity contribution in [2.45, 2.75) is 39.2 Å². The lowest BCUT2D eigenvalue weighted by Gasteiger charge is -2.38. The van der Waals surface area contributed by atoms with Gasteiger partial charge >= 0.3 is 0 Å². The van der Waals surface area contributed by atoms with Gasteiger partial charge in [-0.3, -0.25) is 0 Å². The molecular formula is C13H20ClN. The van der Waals surface area contributed by atoms with Gasteiger partial charge in [0.05, 0.1) is 0 Å². The van der Waals surface area contributed by atoms with E-state index in [1.54, 1.807) is 0 Å². The highest BCUT2D eigenvalue weighted by molar-refractivity contribution is 5.85. The van der Waals surface area contributed by atoms with Crippen LogP contribution in [-0.2, 0) is 5.54 Å². The van der Waals surface area contributed by atoms with Crippen molar-refractivity contribution in [1.82, 2.24) is 0 Å². The average molecular weight is 226 g/mol. The van der Waals surface area contributed by atoms with Crippen LogP contribution in [0.4, 0.5) is 0 Å². The first-order chi connectivity index (χ1) is 6.39. The van der Waals surface area contributed by atoms with Crippen LogP contribution in [0, 0.1) is 5.41 Å². The summed E-state index contributed by atoms with van der Waals surface area (Å²) < 4.78 is 0. The first-order valence-electron chi connectivity index (χ1n) is 5.27. The van der Waals surface area contributed by atoms with Crippen LogP contribution >= 0.6 is 12.4 Å². The molecule has 0 aromatic heterocycles. The lowest BCUT2D eigenvalue weighted by Crippen LogP contribution is -2.44. The number of fused-ring (bicyclic) bond motifs is 1. The van der Waals surface area contributed by atoms with Crippen LogP contribution in [0.15, 0.2) is 24.3 Å². The van der Waals surface area contributed by atoms with Gasteiger partial charge in [0.25, 0.3) is 0 Å². The summed E-state index contributed by atoms with van der Waals surface area (Å²) in [5, 5.41) is 0. The largest absolute Gasteiger partial charge is 0.321 e. The van der Waals surface area contributed by atoms with Gasteiger partial charge in [-0.25, -0.2) is 0 Å². The third-order valence-electron chi connectivity index (χ3n) is 4.41. The average Bonchev–Trinajstić information content (AvgIpc) is 2.27. The number of nitrogens with two attached hydrogens (primary N) is 1. The van der Waals surface area contributed by atoms with Crippen LogP contribution < -0.4 is 5.73 Å². The quantitative estimate of drug-likeness (QED) is 0.720. The molecule has 2 N–H and O–H groups in total. The van der Waals surface area contributed by atoms with Gasteiger partial charge in [0.1, 0.15) is 0 Å². The Kier molecular flexibility index (Phi) is 2.92. The van der Waals surface area contributed by atoms with Gasteiger partial charge < -0.3 is 5.73 Å². The highest BCUT2D eigenvalue weighted by atomic mass is 35.5. The molecule has 1 aromatic carbocycles. The zero-order valence-corrected chi connectivity index (χ0v) is 10.7. The number of halogens is 1. The predicted molar refractivity (Wildman–Crippen MR) is 67.4 cm³/mol. The molecule has 2 rings (SSSR count). The summed E-state index contributed by atoms with van der Waals surface area (Å²) >= 11 is 0. The second-order valence-electron chi connectivity index (χ2n) is 5.23. The Bertz CT molecular complexity index is 369. The van der Waals surface area contributed by atoms with Crippen molar-refractivity contribution < 1.29 is 0 Å². The van der Waals surface area contributed by atoms with Crippen molar-refractivity contribution in [2.75, 3.05) is 0 Å². The molecule has 0 heterocycles. The molecule has 0 saturated heterocycles. The summed E-state index contributed by atoms with van der Waals surface area (Å²) in [7, 11) is 0. The molecule has 0 radical (unpaired) electrons. The Morgan fingerprint density at radius 3 is 2.20 bits per heavy atom. The van der Waals surface area contributed by atoms with Crippen molar-refractivity contribution >= 4 is 12.4 Å². The minimum atomic E-state index is -0.205.